The Morgan fingerprint density at radius 1 is 1.50 bits per heavy atom. The number of hydrogen-bond acceptors (Lipinski definition) is 3. The molecule has 0 aromatic carbocycles. The van der Waals surface area contributed by atoms with Crippen LogP contribution < -0.4 is 5.32 Å². The van der Waals surface area contributed by atoms with Crippen LogP contribution >= 0.6 is 0 Å². The molecule has 3 atom stereocenters. The average Bonchev–Trinajstić information content (AvgIpc) is 2.78. The van der Waals surface area contributed by atoms with Gasteiger partial charge in [0.1, 0.15) is 0 Å². The molecule has 0 aromatic rings. The molecule has 0 bridgehead atoms. The fourth-order valence-electron chi connectivity index (χ4n) is 1.59. The van der Waals surface area contributed by atoms with Crippen LogP contribution in [0.3, 0.4) is 0 Å². The summed E-state index contributed by atoms with van der Waals surface area (Å²) in [6, 6.07) is 0.0905. The first-order valence-corrected chi connectivity index (χ1v) is 7.20. The van der Waals surface area contributed by atoms with Crippen molar-refractivity contribution in [3.63, 3.8) is 0 Å². The highest BCUT2D eigenvalue weighted by atomic mass is 32.2. The van der Waals surface area contributed by atoms with Crippen LogP contribution in [-0.4, -0.2) is 32.5 Å². The maximum absolute atomic E-state index is 11.3. The molecule has 0 amide bonds. The molecule has 0 saturated heterocycles. The van der Waals surface area contributed by atoms with Gasteiger partial charge >= 0.3 is 0 Å². The minimum Gasteiger partial charge on any atom is -0.313 e. The van der Waals surface area contributed by atoms with Crippen LogP contribution in [0.4, 0.5) is 0 Å². The van der Waals surface area contributed by atoms with Crippen molar-refractivity contribution in [1.29, 1.82) is 0 Å². The number of rotatable bonds is 6. The fourth-order valence-corrected chi connectivity index (χ4v) is 2.71. The van der Waals surface area contributed by atoms with E-state index in [4.69, 9.17) is 0 Å². The zero-order valence-corrected chi connectivity index (χ0v) is 10.1. The summed E-state index contributed by atoms with van der Waals surface area (Å²) < 4.78 is 22.6. The van der Waals surface area contributed by atoms with Crippen LogP contribution in [0.2, 0.25) is 0 Å². The second-order valence-electron chi connectivity index (χ2n) is 4.48. The second-order valence-corrected chi connectivity index (χ2v) is 6.88. The number of hydrogen-bond donors (Lipinski definition) is 1. The Bertz CT molecular complexity index is 274. The van der Waals surface area contributed by atoms with Gasteiger partial charge in [-0.15, -0.1) is 0 Å². The lowest BCUT2D eigenvalue weighted by Crippen LogP contribution is -2.35. The third-order valence-electron chi connectivity index (χ3n) is 2.95. The largest absolute Gasteiger partial charge is 0.313 e. The molecule has 1 saturated carbocycles. The first-order chi connectivity index (χ1) is 6.44. The summed E-state index contributed by atoms with van der Waals surface area (Å²) in [5, 5.41) is 3.29. The van der Waals surface area contributed by atoms with Gasteiger partial charge in [0.25, 0.3) is 0 Å². The fraction of sp³-hybridized carbons (Fsp3) is 1.00. The monoisotopic (exact) mass is 219 g/mol. The van der Waals surface area contributed by atoms with Crippen molar-refractivity contribution in [2.75, 3.05) is 18.1 Å². The molecule has 1 aliphatic carbocycles. The molecule has 0 aliphatic heterocycles. The van der Waals surface area contributed by atoms with E-state index in [1.54, 1.807) is 6.92 Å². The Hall–Kier alpha value is -0.0900. The predicted octanol–water partition coefficient (Wildman–Crippen LogP) is 1.06. The van der Waals surface area contributed by atoms with Gasteiger partial charge in [0.15, 0.2) is 9.84 Å². The lowest BCUT2D eigenvalue weighted by Gasteiger charge is -2.12. The molecule has 0 heterocycles. The van der Waals surface area contributed by atoms with E-state index in [0.29, 0.717) is 0 Å². The van der Waals surface area contributed by atoms with Gasteiger partial charge in [0.2, 0.25) is 0 Å². The van der Waals surface area contributed by atoms with E-state index in [9.17, 15) is 8.42 Å². The Labute approximate surface area is 87.2 Å². The molecular formula is C10H21NO2S. The molecule has 14 heavy (non-hydrogen) atoms. The van der Waals surface area contributed by atoms with Crippen LogP contribution in [0.25, 0.3) is 0 Å². The summed E-state index contributed by atoms with van der Waals surface area (Å²) in [5.41, 5.74) is 0. The zero-order chi connectivity index (χ0) is 10.8. The Balaban J connectivity index is 2.19. The van der Waals surface area contributed by atoms with E-state index in [1.807, 2.05) is 6.92 Å². The summed E-state index contributed by atoms with van der Waals surface area (Å²) in [6.45, 7) is 6.85. The van der Waals surface area contributed by atoms with Gasteiger partial charge in [-0.3, -0.25) is 0 Å². The van der Waals surface area contributed by atoms with E-state index in [-0.39, 0.29) is 17.5 Å². The molecule has 4 heteroatoms. The van der Waals surface area contributed by atoms with Gasteiger partial charge < -0.3 is 5.32 Å². The van der Waals surface area contributed by atoms with Crippen molar-refractivity contribution in [2.24, 2.45) is 11.8 Å². The Kier molecular flexibility index (Phi) is 3.95. The molecular weight excluding hydrogens is 198 g/mol. The van der Waals surface area contributed by atoms with E-state index in [2.05, 4.69) is 12.2 Å². The third-order valence-corrected chi connectivity index (χ3v) is 4.84. The molecule has 0 aromatic heterocycles. The minimum atomic E-state index is -2.82. The Morgan fingerprint density at radius 2 is 2.07 bits per heavy atom. The molecule has 1 N–H and O–H groups in total. The van der Waals surface area contributed by atoms with Crippen LogP contribution in [0.15, 0.2) is 0 Å². The van der Waals surface area contributed by atoms with E-state index in [0.717, 1.165) is 18.4 Å². The smallest absolute Gasteiger partial charge is 0.151 e. The second kappa shape index (κ2) is 4.62. The highest BCUT2D eigenvalue weighted by molar-refractivity contribution is 7.91. The SMILES string of the molecule is CCS(=O)(=O)CC(C)NCC1CC1C. The molecule has 1 rings (SSSR count). The van der Waals surface area contributed by atoms with Gasteiger partial charge in [-0.25, -0.2) is 8.42 Å². The van der Waals surface area contributed by atoms with Crippen molar-refractivity contribution >= 4 is 9.84 Å². The van der Waals surface area contributed by atoms with Gasteiger partial charge in [-0.2, -0.15) is 0 Å². The van der Waals surface area contributed by atoms with Crippen LogP contribution in [0.5, 0.6) is 0 Å². The molecule has 0 spiro atoms. The van der Waals surface area contributed by atoms with Crippen molar-refractivity contribution in [3.05, 3.63) is 0 Å². The van der Waals surface area contributed by atoms with Gasteiger partial charge in [0, 0.05) is 11.8 Å². The summed E-state index contributed by atoms with van der Waals surface area (Å²) in [5.74, 6) is 2.13. The first kappa shape index (κ1) is 12.0. The maximum Gasteiger partial charge on any atom is 0.151 e. The predicted molar refractivity (Wildman–Crippen MR) is 59.1 cm³/mol. The standard InChI is InChI=1S/C10H21NO2S/c1-4-14(12,13)7-9(3)11-6-10-5-8(10)2/h8-11H,4-7H2,1-3H3. The van der Waals surface area contributed by atoms with Crippen LogP contribution in [-0.2, 0) is 9.84 Å². The van der Waals surface area contributed by atoms with Crippen molar-refractivity contribution in [3.8, 4) is 0 Å². The third kappa shape index (κ3) is 3.96. The number of sulfone groups is 1. The summed E-state index contributed by atoms with van der Waals surface area (Å²) in [7, 11) is -2.82. The van der Waals surface area contributed by atoms with E-state index >= 15 is 0 Å². The summed E-state index contributed by atoms with van der Waals surface area (Å²) >= 11 is 0. The quantitative estimate of drug-likeness (QED) is 0.726. The molecule has 1 aliphatic rings. The highest BCUT2D eigenvalue weighted by Crippen LogP contribution is 2.36. The lowest BCUT2D eigenvalue weighted by atomic mass is 10.3. The average molecular weight is 219 g/mol. The summed E-state index contributed by atoms with van der Waals surface area (Å²) in [6.07, 6.45) is 1.29. The summed E-state index contributed by atoms with van der Waals surface area (Å²) in [4.78, 5) is 0. The van der Waals surface area contributed by atoms with Crippen LogP contribution in [0.1, 0.15) is 27.2 Å². The molecule has 84 valence electrons. The van der Waals surface area contributed by atoms with Crippen LogP contribution in [0, 0.1) is 11.8 Å². The molecule has 3 unspecified atom stereocenters. The number of nitrogens with one attached hydrogen (secondary N) is 1. The topological polar surface area (TPSA) is 46.2 Å². The molecule has 3 nitrogen and oxygen atoms in total. The molecule has 0 radical (unpaired) electrons. The van der Waals surface area contributed by atoms with Crippen molar-refractivity contribution < 1.29 is 8.42 Å². The van der Waals surface area contributed by atoms with Gasteiger partial charge in [0.05, 0.1) is 5.75 Å². The van der Waals surface area contributed by atoms with E-state index < -0.39 is 9.84 Å². The normalized spacial score (nSPS) is 28.8. The highest BCUT2D eigenvalue weighted by Gasteiger charge is 2.32. The van der Waals surface area contributed by atoms with Gasteiger partial charge in [-0.1, -0.05) is 13.8 Å². The van der Waals surface area contributed by atoms with Crippen molar-refractivity contribution in [1.82, 2.24) is 5.32 Å². The minimum absolute atomic E-state index is 0.0905. The van der Waals surface area contributed by atoms with Crippen molar-refractivity contribution in [2.45, 2.75) is 33.2 Å². The first-order valence-electron chi connectivity index (χ1n) is 5.38. The zero-order valence-electron chi connectivity index (χ0n) is 9.29. The lowest BCUT2D eigenvalue weighted by molar-refractivity contribution is 0.533. The van der Waals surface area contributed by atoms with Gasteiger partial charge in [-0.05, 0) is 31.7 Å². The van der Waals surface area contributed by atoms with E-state index in [1.165, 1.54) is 6.42 Å². The molecule has 1 fully saturated rings. The maximum atomic E-state index is 11.3. The Morgan fingerprint density at radius 3 is 2.50 bits per heavy atom.